The van der Waals surface area contributed by atoms with Crippen molar-refractivity contribution in [3.8, 4) is 28.1 Å². The Bertz CT molecular complexity index is 1200. The monoisotopic (exact) mass is 487 g/mol. The number of aromatic nitrogens is 4. The van der Waals surface area contributed by atoms with Crippen LogP contribution in [0.5, 0.6) is 5.75 Å². The molecule has 36 heavy (non-hydrogen) atoms. The summed E-state index contributed by atoms with van der Waals surface area (Å²) in [6.45, 7) is 7.09. The third kappa shape index (κ3) is 4.37. The number of hydrogen-bond acceptors (Lipinski definition) is 7. The van der Waals surface area contributed by atoms with Gasteiger partial charge in [0.1, 0.15) is 5.75 Å². The lowest BCUT2D eigenvalue weighted by molar-refractivity contribution is -0.0355. The van der Waals surface area contributed by atoms with Gasteiger partial charge in [0.15, 0.2) is 5.82 Å². The molecule has 0 amide bonds. The molecule has 2 aromatic heterocycles. The van der Waals surface area contributed by atoms with Crippen molar-refractivity contribution in [3.63, 3.8) is 0 Å². The molecule has 1 spiro atoms. The van der Waals surface area contributed by atoms with Gasteiger partial charge in [-0.1, -0.05) is 12.1 Å². The number of para-hydroxylation sites is 1. The number of aromatic hydroxyl groups is 1. The third-order valence-corrected chi connectivity index (χ3v) is 9.11. The van der Waals surface area contributed by atoms with Crippen LogP contribution in [0.25, 0.3) is 22.4 Å². The lowest BCUT2D eigenvalue weighted by Gasteiger charge is -2.55. The molecule has 4 heterocycles. The van der Waals surface area contributed by atoms with Crippen molar-refractivity contribution in [1.82, 2.24) is 30.2 Å². The standard InChI is InChI=1S/C28H37N7O/c1-19(20-6-12-34(13-7-20)22-15-28(16-22)8-10-30-11-9-28)35-18-21(17-31-35)24-14-25(32-33-27(24)29)23-4-2-3-5-26(23)36/h2-5,14,17-20,22,30,36H,6-13,15-16H2,1H3,(H2,29,33). The van der Waals surface area contributed by atoms with Gasteiger partial charge in [-0.05, 0) is 101 Å². The maximum atomic E-state index is 10.2. The summed E-state index contributed by atoms with van der Waals surface area (Å²) in [5, 5.41) is 26.8. The van der Waals surface area contributed by atoms with Crippen molar-refractivity contribution < 1.29 is 5.11 Å². The van der Waals surface area contributed by atoms with E-state index >= 15 is 0 Å². The predicted molar refractivity (Wildman–Crippen MR) is 141 cm³/mol. The summed E-state index contributed by atoms with van der Waals surface area (Å²) in [7, 11) is 0. The molecule has 2 saturated heterocycles. The molecule has 1 saturated carbocycles. The average molecular weight is 488 g/mol. The van der Waals surface area contributed by atoms with E-state index in [0.717, 1.165) is 17.2 Å². The quantitative estimate of drug-likeness (QED) is 0.498. The molecule has 1 aliphatic carbocycles. The molecular formula is C28H37N7O. The average Bonchev–Trinajstić information content (AvgIpc) is 3.38. The number of rotatable bonds is 5. The van der Waals surface area contributed by atoms with E-state index in [1.807, 2.05) is 24.4 Å². The molecule has 1 atom stereocenters. The molecule has 3 aromatic rings. The van der Waals surface area contributed by atoms with Crippen LogP contribution in [-0.4, -0.2) is 62.2 Å². The van der Waals surface area contributed by atoms with Crippen molar-refractivity contribution >= 4 is 5.82 Å². The van der Waals surface area contributed by atoms with Gasteiger partial charge in [0.2, 0.25) is 0 Å². The van der Waals surface area contributed by atoms with Gasteiger partial charge in [0.05, 0.1) is 17.9 Å². The first-order valence-corrected chi connectivity index (χ1v) is 13.4. The number of nitrogens with one attached hydrogen (secondary N) is 1. The van der Waals surface area contributed by atoms with Crippen LogP contribution in [0.2, 0.25) is 0 Å². The number of phenols is 1. The second-order valence-electron chi connectivity index (χ2n) is 11.2. The van der Waals surface area contributed by atoms with E-state index in [4.69, 9.17) is 10.8 Å². The number of likely N-dealkylation sites (tertiary alicyclic amines) is 1. The molecular weight excluding hydrogens is 450 g/mol. The Morgan fingerprint density at radius 3 is 2.58 bits per heavy atom. The second-order valence-corrected chi connectivity index (χ2v) is 11.2. The minimum atomic E-state index is 0.172. The maximum absolute atomic E-state index is 10.2. The number of phenolic OH excluding ortho intramolecular Hbond substituents is 1. The number of hydrogen-bond donors (Lipinski definition) is 3. The fourth-order valence-corrected chi connectivity index (χ4v) is 6.70. The van der Waals surface area contributed by atoms with Crippen molar-refractivity contribution in [1.29, 1.82) is 0 Å². The molecule has 1 unspecified atom stereocenters. The summed E-state index contributed by atoms with van der Waals surface area (Å²) in [5.74, 6) is 1.15. The number of nitrogens with zero attached hydrogens (tertiary/aromatic N) is 5. The van der Waals surface area contributed by atoms with Crippen LogP contribution in [0.15, 0.2) is 42.7 Å². The smallest absolute Gasteiger partial charge is 0.154 e. The third-order valence-electron chi connectivity index (χ3n) is 9.11. The van der Waals surface area contributed by atoms with E-state index in [0.29, 0.717) is 34.4 Å². The van der Waals surface area contributed by atoms with E-state index in [1.54, 1.807) is 12.1 Å². The number of nitrogen functional groups attached to an aromatic ring is 1. The molecule has 0 bridgehead atoms. The van der Waals surface area contributed by atoms with Gasteiger partial charge < -0.3 is 21.1 Å². The molecule has 6 rings (SSSR count). The first kappa shape index (κ1) is 23.4. The Morgan fingerprint density at radius 1 is 1.08 bits per heavy atom. The zero-order chi connectivity index (χ0) is 24.7. The summed E-state index contributed by atoms with van der Waals surface area (Å²) in [5.41, 5.74) is 9.78. The van der Waals surface area contributed by atoms with Crippen LogP contribution in [-0.2, 0) is 0 Å². The molecule has 3 fully saturated rings. The van der Waals surface area contributed by atoms with Gasteiger partial charge in [0, 0.05) is 28.9 Å². The number of nitrogens with two attached hydrogens (primary N) is 1. The fraction of sp³-hybridized carbons (Fsp3) is 0.536. The summed E-state index contributed by atoms with van der Waals surface area (Å²) in [6, 6.07) is 10.1. The van der Waals surface area contributed by atoms with E-state index in [9.17, 15) is 5.11 Å². The summed E-state index contributed by atoms with van der Waals surface area (Å²) < 4.78 is 2.09. The minimum absolute atomic E-state index is 0.172. The highest BCUT2D eigenvalue weighted by Gasteiger charge is 2.47. The summed E-state index contributed by atoms with van der Waals surface area (Å²) in [4.78, 5) is 2.76. The first-order valence-electron chi connectivity index (χ1n) is 13.4. The second kappa shape index (κ2) is 9.48. The van der Waals surface area contributed by atoms with Crippen molar-refractivity contribution in [3.05, 3.63) is 42.7 Å². The van der Waals surface area contributed by atoms with Gasteiger partial charge in [-0.15, -0.1) is 10.2 Å². The Kier molecular flexibility index (Phi) is 6.17. The highest BCUT2D eigenvalue weighted by Crippen LogP contribution is 2.50. The molecule has 0 radical (unpaired) electrons. The van der Waals surface area contributed by atoms with Gasteiger partial charge >= 0.3 is 0 Å². The Morgan fingerprint density at radius 2 is 1.83 bits per heavy atom. The number of benzene rings is 1. The zero-order valence-corrected chi connectivity index (χ0v) is 21.1. The fourth-order valence-electron chi connectivity index (χ4n) is 6.70. The Labute approximate surface area is 212 Å². The van der Waals surface area contributed by atoms with Gasteiger partial charge in [-0.2, -0.15) is 5.10 Å². The minimum Gasteiger partial charge on any atom is -0.507 e. The molecule has 8 nitrogen and oxygen atoms in total. The topological polar surface area (TPSA) is 105 Å². The number of anilines is 1. The maximum Gasteiger partial charge on any atom is 0.154 e. The summed E-state index contributed by atoms with van der Waals surface area (Å²) >= 11 is 0. The van der Waals surface area contributed by atoms with Crippen LogP contribution >= 0.6 is 0 Å². The van der Waals surface area contributed by atoms with Crippen LogP contribution in [0.3, 0.4) is 0 Å². The molecule has 3 aliphatic rings. The lowest BCUT2D eigenvalue weighted by Crippen LogP contribution is -2.56. The molecule has 2 aliphatic heterocycles. The van der Waals surface area contributed by atoms with E-state index in [-0.39, 0.29) is 5.75 Å². The van der Waals surface area contributed by atoms with E-state index in [2.05, 4.69) is 38.2 Å². The van der Waals surface area contributed by atoms with Crippen LogP contribution in [0, 0.1) is 11.3 Å². The van der Waals surface area contributed by atoms with Crippen LogP contribution in [0.4, 0.5) is 5.82 Å². The number of piperidine rings is 2. The molecule has 190 valence electrons. The van der Waals surface area contributed by atoms with Crippen molar-refractivity contribution in [2.45, 2.75) is 57.5 Å². The largest absolute Gasteiger partial charge is 0.507 e. The van der Waals surface area contributed by atoms with Crippen molar-refractivity contribution in [2.24, 2.45) is 11.3 Å². The van der Waals surface area contributed by atoms with Gasteiger partial charge in [-0.25, -0.2) is 0 Å². The highest BCUT2D eigenvalue weighted by atomic mass is 16.3. The van der Waals surface area contributed by atoms with E-state index < -0.39 is 0 Å². The van der Waals surface area contributed by atoms with Gasteiger partial charge in [-0.3, -0.25) is 4.68 Å². The van der Waals surface area contributed by atoms with Crippen molar-refractivity contribution in [2.75, 3.05) is 31.9 Å². The SMILES string of the molecule is CC(C1CCN(C2CC3(CCNCC3)C2)CC1)n1cc(-c2cc(-c3ccccc3O)nnc2N)cn1. The molecule has 1 aromatic carbocycles. The lowest BCUT2D eigenvalue weighted by atomic mass is 9.60. The Hall–Kier alpha value is -2.97. The molecule has 8 heteroatoms. The van der Waals surface area contributed by atoms with Crippen LogP contribution < -0.4 is 11.1 Å². The summed E-state index contributed by atoms with van der Waals surface area (Å²) in [6.07, 6.45) is 11.9. The normalized spacial score (nSPS) is 21.9. The van der Waals surface area contributed by atoms with E-state index in [1.165, 1.54) is 64.7 Å². The Balaban J connectivity index is 1.10. The van der Waals surface area contributed by atoms with Gasteiger partial charge in [0.25, 0.3) is 0 Å². The predicted octanol–water partition coefficient (Wildman–Crippen LogP) is 4.10. The first-order chi connectivity index (χ1) is 17.5. The highest BCUT2D eigenvalue weighted by molar-refractivity contribution is 5.78. The van der Waals surface area contributed by atoms with Crippen LogP contribution in [0.1, 0.15) is 51.5 Å². The zero-order valence-electron chi connectivity index (χ0n) is 21.1. The molecule has 4 N–H and O–H groups in total.